The molecule has 0 atom stereocenters. The molecule has 4 bridgehead atoms. The molecule has 1 aromatic carbocycles. The lowest BCUT2D eigenvalue weighted by Gasteiger charge is -2.55. The molecule has 6 rings (SSSR count). The summed E-state index contributed by atoms with van der Waals surface area (Å²) in [4.78, 5) is 25.2. The van der Waals surface area contributed by atoms with Crippen molar-refractivity contribution in [1.29, 1.82) is 0 Å². The van der Waals surface area contributed by atoms with E-state index in [-0.39, 0.29) is 11.0 Å². The Morgan fingerprint density at radius 2 is 1.68 bits per heavy atom. The Balaban J connectivity index is 1.51. The van der Waals surface area contributed by atoms with Crippen LogP contribution in [0, 0.1) is 23.2 Å². The van der Waals surface area contributed by atoms with Gasteiger partial charge in [-0.1, -0.05) is 6.07 Å². The average molecular weight is 379 g/mol. The van der Waals surface area contributed by atoms with E-state index in [0.717, 1.165) is 60.3 Å². The van der Waals surface area contributed by atoms with E-state index in [4.69, 9.17) is 5.73 Å². The van der Waals surface area contributed by atoms with Gasteiger partial charge in [-0.05, 0) is 94.2 Å². The van der Waals surface area contributed by atoms with E-state index in [1.807, 2.05) is 18.2 Å². The van der Waals surface area contributed by atoms with Gasteiger partial charge in [-0.2, -0.15) is 0 Å². The van der Waals surface area contributed by atoms with Crippen LogP contribution >= 0.6 is 0 Å². The highest BCUT2D eigenvalue weighted by Crippen LogP contribution is 2.60. The van der Waals surface area contributed by atoms with Gasteiger partial charge in [-0.25, -0.2) is 0 Å². The van der Waals surface area contributed by atoms with Crippen LogP contribution in [0.15, 0.2) is 24.3 Å². The molecule has 4 heteroatoms. The first-order valence-electron chi connectivity index (χ1n) is 10.7. The summed E-state index contributed by atoms with van der Waals surface area (Å²) in [6, 6.07) is 5.60. The van der Waals surface area contributed by atoms with E-state index < -0.39 is 5.91 Å². The summed E-state index contributed by atoms with van der Waals surface area (Å²) < 4.78 is 0. The van der Waals surface area contributed by atoms with E-state index in [9.17, 15) is 9.59 Å². The van der Waals surface area contributed by atoms with Crippen LogP contribution in [0.3, 0.4) is 0 Å². The summed E-state index contributed by atoms with van der Waals surface area (Å²) in [5, 5.41) is 3.58. The number of nitrogens with one attached hydrogen (secondary N) is 1. The van der Waals surface area contributed by atoms with Crippen molar-refractivity contribution < 1.29 is 9.59 Å². The summed E-state index contributed by atoms with van der Waals surface area (Å²) in [5.74, 6) is 2.19. The number of benzene rings is 1. The lowest BCUT2D eigenvalue weighted by atomic mass is 9.48. The SMILES string of the molecule is CC1(C)Cc2cc(C(N)=O)ccc2/C(=C/C(=O)C23CC4CC(CC(C4)C2)C3)N1. The van der Waals surface area contributed by atoms with Crippen LogP contribution in [-0.4, -0.2) is 17.2 Å². The quantitative estimate of drug-likeness (QED) is 0.785. The third kappa shape index (κ3) is 2.89. The lowest BCUT2D eigenvalue weighted by Crippen LogP contribution is -2.50. The predicted octanol–water partition coefficient (Wildman–Crippen LogP) is 3.84. The Morgan fingerprint density at radius 1 is 1.07 bits per heavy atom. The topological polar surface area (TPSA) is 72.2 Å². The van der Waals surface area contributed by atoms with Crippen LogP contribution in [0.4, 0.5) is 0 Å². The Morgan fingerprint density at radius 3 is 2.25 bits per heavy atom. The van der Waals surface area contributed by atoms with Crippen molar-refractivity contribution in [3.8, 4) is 0 Å². The molecule has 3 N–H and O–H groups in total. The maximum Gasteiger partial charge on any atom is 0.248 e. The molecular weight excluding hydrogens is 348 g/mol. The second kappa shape index (κ2) is 5.95. The van der Waals surface area contributed by atoms with Crippen LogP contribution in [0.2, 0.25) is 0 Å². The van der Waals surface area contributed by atoms with Crippen LogP contribution in [0.1, 0.15) is 73.9 Å². The molecule has 28 heavy (non-hydrogen) atoms. The van der Waals surface area contributed by atoms with Crippen LogP contribution in [-0.2, 0) is 11.2 Å². The number of ketones is 1. The molecule has 4 fully saturated rings. The maximum absolute atomic E-state index is 13.6. The number of carbonyl (C=O) groups excluding carboxylic acids is 2. The minimum atomic E-state index is -0.408. The third-order valence-electron chi connectivity index (χ3n) is 7.62. The van der Waals surface area contributed by atoms with Gasteiger partial charge in [-0.3, -0.25) is 9.59 Å². The highest BCUT2D eigenvalue weighted by Gasteiger charge is 2.54. The number of nitrogens with two attached hydrogens (primary N) is 1. The molecule has 4 aliphatic carbocycles. The second-order valence-electron chi connectivity index (χ2n) is 10.5. The molecule has 0 unspecified atom stereocenters. The van der Waals surface area contributed by atoms with Crippen LogP contribution in [0.5, 0.6) is 0 Å². The Labute approximate surface area is 167 Å². The molecule has 1 heterocycles. The molecule has 1 aromatic rings. The minimum absolute atomic E-state index is 0.127. The molecule has 1 aliphatic heterocycles. The molecule has 0 spiro atoms. The van der Waals surface area contributed by atoms with Crippen molar-refractivity contribution in [2.45, 2.75) is 64.3 Å². The van der Waals surface area contributed by atoms with E-state index in [1.165, 1.54) is 19.3 Å². The number of hydrogen-bond acceptors (Lipinski definition) is 3. The van der Waals surface area contributed by atoms with Crippen molar-refractivity contribution in [2.75, 3.05) is 0 Å². The molecule has 148 valence electrons. The van der Waals surface area contributed by atoms with Gasteiger partial charge in [0.1, 0.15) is 0 Å². The van der Waals surface area contributed by atoms with Crippen molar-refractivity contribution >= 4 is 17.4 Å². The molecule has 4 saturated carbocycles. The first kappa shape index (κ1) is 18.0. The number of hydrogen-bond donors (Lipinski definition) is 2. The largest absolute Gasteiger partial charge is 0.379 e. The number of fused-ring (bicyclic) bond motifs is 1. The van der Waals surface area contributed by atoms with Gasteiger partial charge in [0.25, 0.3) is 0 Å². The van der Waals surface area contributed by atoms with Gasteiger partial charge in [0, 0.05) is 33.9 Å². The lowest BCUT2D eigenvalue weighted by molar-refractivity contribution is -0.138. The fraction of sp³-hybridized carbons (Fsp3) is 0.583. The highest BCUT2D eigenvalue weighted by molar-refractivity contribution is 6.01. The van der Waals surface area contributed by atoms with Gasteiger partial charge in [0.2, 0.25) is 5.91 Å². The van der Waals surface area contributed by atoms with Gasteiger partial charge < -0.3 is 11.1 Å². The van der Waals surface area contributed by atoms with E-state index in [2.05, 4.69) is 19.2 Å². The van der Waals surface area contributed by atoms with Gasteiger partial charge in [0.15, 0.2) is 5.78 Å². The van der Waals surface area contributed by atoms with E-state index in [1.54, 1.807) is 6.07 Å². The fourth-order valence-electron chi connectivity index (χ4n) is 6.92. The molecular formula is C24H30N2O2. The summed E-state index contributed by atoms with van der Waals surface area (Å²) in [6.45, 7) is 4.27. The first-order valence-corrected chi connectivity index (χ1v) is 10.7. The van der Waals surface area contributed by atoms with Crippen molar-refractivity contribution in [3.05, 3.63) is 41.0 Å². The molecule has 5 aliphatic rings. The first-order chi connectivity index (χ1) is 13.2. The van der Waals surface area contributed by atoms with Crippen LogP contribution in [0.25, 0.3) is 5.70 Å². The van der Waals surface area contributed by atoms with Gasteiger partial charge in [0.05, 0.1) is 0 Å². The van der Waals surface area contributed by atoms with Crippen molar-refractivity contribution in [1.82, 2.24) is 5.32 Å². The molecule has 4 nitrogen and oxygen atoms in total. The molecule has 1 amide bonds. The average Bonchev–Trinajstić information content (AvgIpc) is 2.59. The zero-order chi connectivity index (χ0) is 19.7. The standard InChI is InChI=1S/C24H30N2O2/c1-23(2)13-18-8-17(22(25)28)3-4-19(18)20(26-23)9-21(27)24-10-14-5-15(11-24)7-16(6-14)12-24/h3-4,8-9,14-16,26H,5-7,10-13H2,1-2H3,(H2,25,28)/b20-9-. The monoisotopic (exact) mass is 378 g/mol. The van der Waals surface area contributed by atoms with E-state index >= 15 is 0 Å². The smallest absolute Gasteiger partial charge is 0.248 e. The summed E-state index contributed by atoms with van der Waals surface area (Å²) >= 11 is 0. The normalized spacial score (nSPS) is 36.1. The van der Waals surface area contributed by atoms with Crippen molar-refractivity contribution in [2.24, 2.45) is 28.9 Å². The Kier molecular flexibility index (Phi) is 3.82. The highest BCUT2D eigenvalue weighted by atomic mass is 16.1. The van der Waals surface area contributed by atoms with Crippen molar-refractivity contribution in [3.63, 3.8) is 0 Å². The third-order valence-corrected chi connectivity index (χ3v) is 7.62. The zero-order valence-electron chi connectivity index (χ0n) is 16.9. The second-order valence-corrected chi connectivity index (χ2v) is 10.5. The Bertz CT molecular complexity index is 861. The molecule has 0 saturated heterocycles. The predicted molar refractivity (Wildman–Crippen MR) is 109 cm³/mol. The number of carbonyl (C=O) groups is 2. The number of primary amides is 1. The zero-order valence-corrected chi connectivity index (χ0v) is 16.9. The van der Waals surface area contributed by atoms with E-state index in [0.29, 0.717) is 11.3 Å². The minimum Gasteiger partial charge on any atom is -0.379 e. The van der Waals surface area contributed by atoms with Gasteiger partial charge in [-0.15, -0.1) is 0 Å². The maximum atomic E-state index is 13.6. The van der Waals surface area contributed by atoms with Crippen LogP contribution < -0.4 is 11.1 Å². The summed E-state index contributed by atoms with van der Waals surface area (Å²) in [7, 11) is 0. The Hall–Kier alpha value is -2.10. The summed E-state index contributed by atoms with van der Waals surface area (Å²) in [5.41, 5.74) is 8.73. The molecule has 0 aromatic heterocycles. The number of amides is 1. The van der Waals surface area contributed by atoms with Gasteiger partial charge >= 0.3 is 0 Å². The summed E-state index contributed by atoms with van der Waals surface area (Å²) in [6.07, 6.45) is 9.95. The number of allylic oxidation sites excluding steroid dienone is 1. The number of rotatable bonds is 3. The fourth-order valence-corrected chi connectivity index (χ4v) is 6.92. The molecule has 0 radical (unpaired) electrons.